The van der Waals surface area contributed by atoms with Crippen LogP contribution in [0.4, 0.5) is 5.13 Å². The molecule has 3 rings (SSSR count). The Balaban J connectivity index is 1.61. The highest BCUT2D eigenvalue weighted by Gasteiger charge is 2.11. The number of rotatable bonds is 5. The predicted octanol–water partition coefficient (Wildman–Crippen LogP) is 3.28. The summed E-state index contributed by atoms with van der Waals surface area (Å²) in [6.07, 6.45) is 3.28. The van der Waals surface area contributed by atoms with Crippen molar-refractivity contribution >= 4 is 34.0 Å². The summed E-state index contributed by atoms with van der Waals surface area (Å²) in [5.41, 5.74) is 0.290. The maximum Gasteiger partial charge on any atom is 0.277 e. The fraction of sp³-hybridized carbons (Fsp3) is 0.0714. The zero-order valence-corrected chi connectivity index (χ0v) is 12.8. The van der Waals surface area contributed by atoms with Gasteiger partial charge < -0.3 is 4.74 Å². The minimum absolute atomic E-state index is 0.161. The molecule has 22 heavy (non-hydrogen) atoms. The van der Waals surface area contributed by atoms with Gasteiger partial charge in [0, 0.05) is 17.8 Å². The molecule has 0 fully saturated rings. The van der Waals surface area contributed by atoms with E-state index in [2.05, 4.69) is 15.4 Å². The fourth-order valence-electron chi connectivity index (χ4n) is 1.70. The molecule has 0 aliphatic carbocycles. The monoisotopic (exact) mass is 334 g/mol. The first kappa shape index (κ1) is 14.6. The Morgan fingerprint density at radius 2 is 2.23 bits per heavy atom. The van der Waals surface area contributed by atoms with Crippen LogP contribution in [0.2, 0.25) is 5.02 Å². The van der Waals surface area contributed by atoms with Crippen molar-refractivity contribution in [3.05, 3.63) is 58.8 Å². The second-order valence-corrected chi connectivity index (χ2v) is 5.54. The molecular weight excluding hydrogens is 324 g/mol. The Hall–Kier alpha value is -2.38. The highest BCUT2D eigenvalue weighted by atomic mass is 35.5. The van der Waals surface area contributed by atoms with E-state index in [-0.39, 0.29) is 18.3 Å². The van der Waals surface area contributed by atoms with Gasteiger partial charge >= 0.3 is 0 Å². The molecule has 6 nitrogen and oxygen atoms in total. The van der Waals surface area contributed by atoms with E-state index in [9.17, 15) is 4.79 Å². The lowest BCUT2D eigenvalue weighted by atomic mass is 10.3. The molecule has 0 aliphatic heterocycles. The number of anilines is 1. The molecule has 0 unspecified atom stereocenters. The van der Waals surface area contributed by atoms with E-state index in [1.165, 1.54) is 16.0 Å². The predicted molar refractivity (Wildman–Crippen MR) is 84.4 cm³/mol. The minimum atomic E-state index is -0.313. The molecule has 0 aliphatic rings. The minimum Gasteiger partial charge on any atom is -0.470 e. The molecule has 0 saturated carbocycles. The number of amides is 1. The summed E-state index contributed by atoms with van der Waals surface area (Å²) in [6, 6.07) is 8.77. The SMILES string of the molecule is O=C(Nc1nccs1)c1ccn(COc2ccccc2Cl)n1. The third-order valence-corrected chi connectivity index (χ3v) is 3.72. The highest BCUT2D eigenvalue weighted by molar-refractivity contribution is 7.13. The van der Waals surface area contributed by atoms with E-state index in [0.29, 0.717) is 15.9 Å². The Bertz CT molecular complexity index is 773. The third-order valence-electron chi connectivity index (χ3n) is 2.72. The number of carbonyl (C=O) groups is 1. The first-order chi connectivity index (χ1) is 10.7. The molecule has 0 radical (unpaired) electrons. The summed E-state index contributed by atoms with van der Waals surface area (Å²) in [5.74, 6) is 0.250. The topological polar surface area (TPSA) is 69.0 Å². The van der Waals surface area contributed by atoms with E-state index in [1.807, 2.05) is 12.1 Å². The Morgan fingerprint density at radius 1 is 1.36 bits per heavy atom. The molecule has 8 heteroatoms. The van der Waals surface area contributed by atoms with Crippen LogP contribution >= 0.6 is 22.9 Å². The molecule has 112 valence electrons. The number of aromatic nitrogens is 3. The van der Waals surface area contributed by atoms with Crippen molar-refractivity contribution in [3.8, 4) is 5.75 Å². The maximum absolute atomic E-state index is 12.0. The fourth-order valence-corrected chi connectivity index (χ4v) is 2.41. The lowest BCUT2D eigenvalue weighted by Crippen LogP contribution is -2.14. The maximum atomic E-state index is 12.0. The number of carbonyl (C=O) groups excluding carboxylic acids is 1. The average Bonchev–Trinajstić information content (AvgIpc) is 3.18. The molecule has 2 aromatic heterocycles. The van der Waals surface area contributed by atoms with Gasteiger partial charge in [-0.25, -0.2) is 9.67 Å². The first-order valence-corrected chi connectivity index (χ1v) is 7.60. The molecule has 1 N–H and O–H groups in total. The van der Waals surface area contributed by atoms with Crippen molar-refractivity contribution in [2.75, 3.05) is 5.32 Å². The van der Waals surface area contributed by atoms with Crippen LogP contribution in [0.3, 0.4) is 0 Å². The van der Waals surface area contributed by atoms with Crippen LogP contribution in [0.25, 0.3) is 0 Å². The Morgan fingerprint density at radius 3 is 3.00 bits per heavy atom. The van der Waals surface area contributed by atoms with E-state index in [4.69, 9.17) is 16.3 Å². The van der Waals surface area contributed by atoms with Crippen LogP contribution in [0.1, 0.15) is 10.5 Å². The van der Waals surface area contributed by atoms with Gasteiger partial charge in [-0.2, -0.15) is 5.10 Å². The summed E-state index contributed by atoms with van der Waals surface area (Å²) >= 11 is 7.35. The van der Waals surface area contributed by atoms with Gasteiger partial charge in [-0.05, 0) is 18.2 Å². The van der Waals surface area contributed by atoms with E-state index >= 15 is 0 Å². The number of nitrogens with one attached hydrogen (secondary N) is 1. The van der Waals surface area contributed by atoms with Crippen molar-refractivity contribution in [1.82, 2.24) is 14.8 Å². The molecular formula is C14H11ClN4O2S. The van der Waals surface area contributed by atoms with Gasteiger partial charge in [0.1, 0.15) is 5.75 Å². The van der Waals surface area contributed by atoms with Crippen molar-refractivity contribution in [2.24, 2.45) is 0 Å². The second kappa shape index (κ2) is 6.59. The van der Waals surface area contributed by atoms with Gasteiger partial charge in [0.25, 0.3) is 5.91 Å². The average molecular weight is 335 g/mol. The number of halogens is 1. The van der Waals surface area contributed by atoms with Crippen LogP contribution in [-0.4, -0.2) is 20.7 Å². The first-order valence-electron chi connectivity index (χ1n) is 6.34. The third kappa shape index (κ3) is 3.44. The van der Waals surface area contributed by atoms with Crippen LogP contribution < -0.4 is 10.1 Å². The van der Waals surface area contributed by atoms with Crippen molar-refractivity contribution < 1.29 is 9.53 Å². The summed E-state index contributed by atoms with van der Waals surface area (Å²) in [4.78, 5) is 16.0. The lowest BCUT2D eigenvalue weighted by Gasteiger charge is -2.07. The highest BCUT2D eigenvalue weighted by Crippen LogP contribution is 2.23. The van der Waals surface area contributed by atoms with E-state index in [1.54, 1.807) is 36.0 Å². The second-order valence-electron chi connectivity index (χ2n) is 4.24. The zero-order chi connectivity index (χ0) is 15.4. The molecule has 1 aromatic carbocycles. The van der Waals surface area contributed by atoms with E-state index in [0.717, 1.165) is 0 Å². The summed E-state index contributed by atoms with van der Waals surface area (Å²) < 4.78 is 7.06. The number of nitrogens with zero attached hydrogens (tertiary/aromatic N) is 3. The number of thiazole rings is 1. The van der Waals surface area contributed by atoms with Crippen LogP contribution in [-0.2, 0) is 6.73 Å². The molecule has 3 aromatic rings. The standard InChI is InChI=1S/C14H11ClN4O2S/c15-10-3-1-2-4-12(10)21-9-19-7-5-11(18-19)13(20)17-14-16-6-8-22-14/h1-8H,9H2,(H,16,17,20). The summed E-state index contributed by atoms with van der Waals surface area (Å²) in [5, 5.41) is 9.66. The Kier molecular flexibility index (Phi) is 4.36. The van der Waals surface area contributed by atoms with Crippen LogP contribution in [0, 0.1) is 0 Å². The number of hydrogen-bond donors (Lipinski definition) is 1. The number of ether oxygens (including phenoxy) is 1. The molecule has 0 saturated heterocycles. The largest absolute Gasteiger partial charge is 0.470 e. The summed E-state index contributed by atoms with van der Waals surface area (Å²) in [7, 11) is 0. The molecule has 2 heterocycles. The summed E-state index contributed by atoms with van der Waals surface area (Å²) in [6.45, 7) is 0.161. The van der Waals surface area contributed by atoms with Gasteiger partial charge in [-0.1, -0.05) is 23.7 Å². The van der Waals surface area contributed by atoms with E-state index < -0.39 is 0 Å². The van der Waals surface area contributed by atoms with Crippen LogP contribution in [0.15, 0.2) is 48.1 Å². The van der Waals surface area contributed by atoms with Crippen molar-refractivity contribution in [2.45, 2.75) is 6.73 Å². The van der Waals surface area contributed by atoms with Gasteiger partial charge in [-0.3, -0.25) is 10.1 Å². The number of benzene rings is 1. The molecule has 0 spiro atoms. The number of para-hydroxylation sites is 1. The molecule has 0 atom stereocenters. The molecule has 0 bridgehead atoms. The Labute approximate surface area is 135 Å². The van der Waals surface area contributed by atoms with Gasteiger partial charge in [0.05, 0.1) is 5.02 Å². The van der Waals surface area contributed by atoms with Crippen molar-refractivity contribution in [3.63, 3.8) is 0 Å². The quantitative estimate of drug-likeness (QED) is 0.777. The lowest BCUT2D eigenvalue weighted by molar-refractivity contribution is 0.102. The number of hydrogen-bond acceptors (Lipinski definition) is 5. The van der Waals surface area contributed by atoms with Crippen LogP contribution in [0.5, 0.6) is 5.75 Å². The molecule has 1 amide bonds. The van der Waals surface area contributed by atoms with Gasteiger partial charge in [0.2, 0.25) is 0 Å². The normalized spacial score (nSPS) is 10.4. The van der Waals surface area contributed by atoms with Gasteiger partial charge in [0.15, 0.2) is 17.6 Å². The zero-order valence-electron chi connectivity index (χ0n) is 11.3. The van der Waals surface area contributed by atoms with Gasteiger partial charge in [-0.15, -0.1) is 11.3 Å². The van der Waals surface area contributed by atoms with Crippen molar-refractivity contribution in [1.29, 1.82) is 0 Å². The smallest absolute Gasteiger partial charge is 0.277 e.